The number of methoxy groups -OCH3 is 2. The molecule has 0 saturated heterocycles. The first-order chi connectivity index (χ1) is 13.8. The molecule has 0 spiro atoms. The third kappa shape index (κ3) is 5.02. The lowest BCUT2D eigenvalue weighted by Crippen LogP contribution is -2.18. The molecular formula is C21H22N2O6. The number of carbonyl (C=O) groups is 2. The second kappa shape index (κ2) is 9.55. The number of nitrogens with one attached hydrogen (secondary N) is 1. The summed E-state index contributed by atoms with van der Waals surface area (Å²) in [6.45, 7) is 2.95. The quantitative estimate of drug-likeness (QED) is 0.535. The Hall–Kier alpha value is -3.60. The van der Waals surface area contributed by atoms with Crippen LogP contribution in [0.1, 0.15) is 39.2 Å². The zero-order chi connectivity index (χ0) is 21.6. The number of rotatable bonds is 8. The molecule has 1 aromatic carbocycles. The molecule has 1 N–H and O–H groups in total. The minimum Gasteiger partial charge on any atom is -0.497 e. The fourth-order valence-electron chi connectivity index (χ4n) is 2.97. The molecule has 2 aromatic rings. The molecule has 8 heteroatoms. The Bertz CT molecular complexity index is 1030. The van der Waals surface area contributed by atoms with Crippen LogP contribution in [0, 0.1) is 25.2 Å². The van der Waals surface area contributed by atoms with Crippen molar-refractivity contribution in [2.24, 2.45) is 0 Å². The van der Waals surface area contributed by atoms with Crippen LogP contribution in [0.15, 0.2) is 23.0 Å². The van der Waals surface area contributed by atoms with Gasteiger partial charge in [0.25, 0.3) is 5.56 Å². The van der Waals surface area contributed by atoms with E-state index >= 15 is 0 Å². The van der Waals surface area contributed by atoms with Crippen molar-refractivity contribution in [1.29, 1.82) is 5.26 Å². The molecule has 0 fully saturated rings. The number of aromatic nitrogens is 1. The van der Waals surface area contributed by atoms with E-state index in [0.717, 1.165) is 0 Å². The van der Waals surface area contributed by atoms with Crippen molar-refractivity contribution in [3.05, 3.63) is 56.5 Å². The van der Waals surface area contributed by atoms with Crippen molar-refractivity contribution in [3.8, 4) is 17.6 Å². The van der Waals surface area contributed by atoms with Crippen molar-refractivity contribution in [1.82, 2.24) is 4.98 Å². The van der Waals surface area contributed by atoms with Gasteiger partial charge in [-0.3, -0.25) is 14.4 Å². The summed E-state index contributed by atoms with van der Waals surface area (Å²) in [6.07, 6.45) is 0.285. The number of aromatic amines is 1. The van der Waals surface area contributed by atoms with Gasteiger partial charge in [0.15, 0.2) is 6.61 Å². The summed E-state index contributed by atoms with van der Waals surface area (Å²) < 4.78 is 15.4. The fourth-order valence-corrected chi connectivity index (χ4v) is 2.97. The Morgan fingerprint density at radius 1 is 1.17 bits per heavy atom. The van der Waals surface area contributed by atoms with E-state index in [1.54, 1.807) is 32.0 Å². The van der Waals surface area contributed by atoms with E-state index in [1.807, 2.05) is 6.07 Å². The maximum atomic E-state index is 12.4. The summed E-state index contributed by atoms with van der Waals surface area (Å²) in [5.74, 6) is -0.0944. The molecular weight excluding hydrogens is 376 g/mol. The zero-order valence-corrected chi connectivity index (χ0v) is 16.8. The predicted molar refractivity (Wildman–Crippen MR) is 104 cm³/mol. The summed E-state index contributed by atoms with van der Waals surface area (Å²) >= 11 is 0. The second-order valence-electron chi connectivity index (χ2n) is 6.32. The first-order valence-corrected chi connectivity index (χ1v) is 8.85. The van der Waals surface area contributed by atoms with Crippen LogP contribution in [0.4, 0.5) is 0 Å². The minimum absolute atomic E-state index is 0.00558. The van der Waals surface area contributed by atoms with Crippen molar-refractivity contribution in [2.75, 3.05) is 20.8 Å². The molecule has 0 radical (unpaired) electrons. The normalized spacial score (nSPS) is 10.2. The first-order valence-electron chi connectivity index (χ1n) is 8.85. The Balaban J connectivity index is 2.00. The number of H-pyrrole nitrogens is 1. The molecule has 29 heavy (non-hydrogen) atoms. The Morgan fingerprint density at radius 2 is 1.90 bits per heavy atom. The van der Waals surface area contributed by atoms with Crippen LogP contribution >= 0.6 is 0 Å². The van der Waals surface area contributed by atoms with E-state index in [0.29, 0.717) is 28.3 Å². The van der Waals surface area contributed by atoms with Crippen LogP contribution < -0.4 is 15.0 Å². The lowest BCUT2D eigenvalue weighted by molar-refractivity contribution is -0.142. The van der Waals surface area contributed by atoms with Gasteiger partial charge in [0, 0.05) is 18.2 Å². The van der Waals surface area contributed by atoms with E-state index in [1.165, 1.54) is 14.2 Å². The van der Waals surface area contributed by atoms with Gasteiger partial charge in [-0.25, -0.2) is 0 Å². The van der Waals surface area contributed by atoms with E-state index in [2.05, 4.69) is 4.98 Å². The van der Waals surface area contributed by atoms with Crippen molar-refractivity contribution < 1.29 is 23.8 Å². The summed E-state index contributed by atoms with van der Waals surface area (Å²) in [5, 5.41) is 9.10. The van der Waals surface area contributed by atoms with E-state index in [-0.39, 0.29) is 24.0 Å². The van der Waals surface area contributed by atoms with Gasteiger partial charge in [-0.2, -0.15) is 5.26 Å². The summed E-state index contributed by atoms with van der Waals surface area (Å²) in [5.41, 5.74) is 1.71. The lowest BCUT2D eigenvalue weighted by atomic mass is 9.99. The average Bonchev–Trinajstić information content (AvgIpc) is 2.71. The lowest BCUT2D eigenvalue weighted by Gasteiger charge is -2.11. The molecule has 0 atom stereocenters. The standard InChI is InChI=1S/C21H22N2O6/c1-12-15(13(2)23-21(26)17(12)10-22)7-8-20(25)29-11-18(24)16-6-5-14(27-3)9-19(16)28-4/h5-6,9H,7-8,11H2,1-4H3,(H,23,26). The molecule has 0 bridgehead atoms. The number of hydrogen-bond acceptors (Lipinski definition) is 7. The number of hydrogen-bond donors (Lipinski definition) is 1. The number of nitrogens with zero attached hydrogens (tertiary/aromatic N) is 1. The number of nitriles is 1. The minimum atomic E-state index is -0.561. The molecule has 0 aliphatic heterocycles. The molecule has 1 aromatic heterocycles. The van der Waals surface area contributed by atoms with Crippen molar-refractivity contribution in [3.63, 3.8) is 0 Å². The van der Waals surface area contributed by atoms with Crippen LogP contribution in [0.5, 0.6) is 11.5 Å². The van der Waals surface area contributed by atoms with Gasteiger partial charge in [-0.05, 0) is 43.5 Å². The van der Waals surface area contributed by atoms with Crippen LogP contribution in [-0.2, 0) is 16.0 Å². The SMILES string of the molecule is COc1ccc(C(=O)COC(=O)CCc2c(C)[nH]c(=O)c(C#N)c2C)c(OC)c1. The Morgan fingerprint density at radius 3 is 2.52 bits per heavy atom. The van der Waals surface area contributed by atoms with Gasteiger partial charge < -0.3 is 19.2 Å². The fraction of sp³-hybridized carbons (Fsp3) is 0.333. The monoisotopic (exact) mass is 398 g/mol. The number of carbonyl (C=O) groups excluding carboxylic acids is 2. The molecule has 0 unspecified atom stereocenters. The number of ketones is 1. The van der Waals surface area contributed by atoms with Gasteiger partial charge in [0.1, 0.15) is 23.1 Å². The van der Waals surface area contributed by atoms with Crippen LogP contribution in [-0.4, -0.2) is 37.6 Å². The highest BCUT2D eigenvalue weighted by Crippen LogP contribution is 2.25. The van der Waals surface area contributed by atoms with E-state index in [9.17, 15) is 14.4 Å². The smallest absolute Gasteiger partial charge is 0.306 e. The number of ether oxygens (including phenoxy) is 3. The molecule has 0 saturated carbocycles. The largest absolute Gasteiger partial charge is 0.497 e. The second-order valence-corrected chi connectivity index (χ2v) is 6.32. The molecule has 0 amide bonds. The van der Waals surface area contributed by atoms with Gasteiger partial charge in [0.05, 0.1) is 19.8 Å². The van der Waals surface area contributed by atoms with Crippen molar-refractivity contribution >= 4 is 11.8 Å². The highest BCUT2D eigenvalue weighted by atomic mass is 16.5. The third-order valence-electron chi connectivity index (χ3n) is 4.57. The molecule has 1 heterocycles. The van der Waals surface area contributed by atoms with Crippen LogP contribution in [0.2, 0.25) is 0 Å². The number of benzene rings is 1. The first kappa shape index (κ1) is 21.7. The number of Topliss-reactive ketones (excluding diaryl/α,β-unsaturated/α-hetero) is 1. The highest BCUT2D eigenvalue weighted by Gasteiger charge is 2.17. The topological polar surface area (TPSA) is 118 Å². The number of esters is 1. The van der Waals surface area contributed by atoms with Gasteiger partial charge in [-0.15, -0.1) is 0 Å². The molecule has 0 aliphatic carbocycles. The summed E-state index contributed by atoms with van der Waals surface area (Å²) in [4.78, 5) is 38.8. The predicted octanol–water partition coefficient (Wildman–Crippen LogP) is 2.24. The molecule has 152 valence electrons. The van der Waals surface area contributed by atoms with Crippen molar-refractivity contribution in [2.45, 2.75) is 26.7 Å². The van der Waals surface area contributed by atoms with Gasteiger partial charge in [0.2, 0.25) is 5.78 Å². The average molecular weight is 398 g/mol. The van der Waals surface area contributed by atoms with Crippen LogP contribution in [0.25, 0.3) is 0 Å². The van der Waals surface area contributed by atoms with E-state index < -0.39 is 23.9 Å². The summed E-state index contributed by atoms with van der Waals surface area (Å²) in [7, 11) is 2.94. The Labute approximate surface area is 168 Å². The molecule has 8 nitrogen and oxygen atoms in total. The van der Waals surface area contributed by atoms with E-state index in [4.69, 9.17) is 19.5 Å². The van der Waals surface area contributed by atoms with Crippen LogP contribution in [0.3, 0.4) is 0 Å². The maximum Gasteiger partial charge on any atom is 0.306 e. The third-order valence-corrected chi connectivity index (χ3v) is 4.57. The molecule has 2 rings (SSSR count). The maximum absolute atomic E-state index is 12.4. The highest BCUT2D eigenvalue weighted by molar-refractivity contribution is 6.00. The number of pyridine rings is 1. The van der Waals surface area contributed by atoms with Gasteiger partial charge >= 0.3 is 5.97 Å². The Kier molecular flexibility index (Phi) is 7.15. The summed E-state index contributed by atoms with van der Waals surface area (Å²) in [6, 6.07) is 6.61. The zero-order valence-electron chi connectivity index (χ0n) is 16.8. The molecule has 0 aliphatic rings. The van der Waals surface area contributed by atoms with Gasteiger partial charge in [-0.1, -0.05) is 0 Å². The number of aryl methyl sites for hydroxylation is 1.